The number of aromatic nitrogens is 1. The molecule has 0 aliphatic rings. The summed E-state index contributed by atoms with van der Waals surface area (Å²) in [6, 6.07) is 3.65. The largest absolute Gasteiger partial charge is 0.389 e. The summed E-state index contributed by atoms with van der Waals surface area (Å²) in [7, 11) is 0. The summed E-state index contributed by atoms with van der Waals surface area (Å²) in [4.78, 5) is 3.85. The molecule has 1 aromatic heterocycles. The molecule has 1 rings (SSSR count). The summed E-state index contributed by atoms with van der Waals surface area (Å²) in [6.45, 7) is 5.72. The number of pyridine rings is 1. The van der Waals surface area contributed by atoms with Gasteiger partial charge in [0.25, 0.3) is 0 Å². The third kappa shape index (κ3) is 3.73. The number of aliphatic hydroxyl groups is 1. The van der Waals surface area contributed by atoms with E-state index >= 15 is 0 Å². The molecule has 0 fully saturated rings. The summed E-state index contributed by atoms with van der Waals surface area (Å²) < 4.78 is 0. The average molecular weight is 153 g/mol. The van der Waals surface area contributed by atoms with Crippen LogP contribution >= 0.6 is 0 Å². The lowest BCUT2D eigenvalue weighted by Crippen LogP contribution is -1.89. The van der Waals surface area contributed by atoms with Crippen molar-refractivity contribution in [1.29, 1.82) is 0 Å². The van der Waals surface area contributed by atoms with E-state index in [9.17, 15) is 0 Å². The monoisotopic (exact) mass is 153 g/mol. The van der Waals surface area contributed by atoms with Gasteiger partial charge < -0.3 is 5.11 Å². The first-order valence-electron chi connectivity index (χ1n) is 3.88. The Labute approximate surface area is 67.9 Å². The molecule has 11 heavy (non-hydrogen) atoms. The molecule has 0 saturated heterocycles. The number of rotatable bonds is 1. The van der Waals surface area contributed by atoms with Crippen molar-refractivity contribution < 1.29 is 5.11 Å². The molecule has 2 nitrogen and oxygen atoms in total. The summed E-state index contributed by atoms with van der Waals surface area (Å²) in [5.74, 6) is 0. The molecule has 1 N–H and O–H groups in total. The Kier molecular flexibility index (Phi) is 5.39. The third-order valence-electron chi connectivity index (χ3n) is 1.17. The molecule has 0 amide bonds. The topological polar surface area (TPSA) is 33.1 Å². The standard InChI is InChI=1S/C7H9NO.C2H6/c1-6(9)7-3-2-4-8-5-7;1-2/h2-6,9H,1H3;1-2H3. The van der Waals surface area contributed by atoms with Crippen LogP contribution in [0.25, 0.3) is 0 Å². The van der Waals surface area contributed by atoms with E-state index < -0.39 is 6.10 Å². The van der Waals surface area contributed by atoms with Crippen LogP contribution in [0.15, 0.2) is 24.5 Å². The van der Waals surface area contributed by atoms with E-state index in [1.165, 1.54) is 0 Å². The van der Waals surface area contributed by atoms with Crippen LogP contribution in [0.5, 0.6) is 0 Å². The number of aliphatic hydroxyl groups excluding tert-OH is 1. The van der Waals surface area contributed by atoms with Crippen LogP contribution in [0.1, 0.15) is 32.4 Å². The van der Waals surface area contributed by atoms with Gasteiger partial charge in [-0.05, 0) is 18.6 Å². The van der Waals surface area contributed by atoms with E-state index in [2.05, 4.69) is 4.98 Å². The minimum absolute atomic E-state index is 0.404. The first-order valence-corrected chi connectivity index (χ1v) is 3.88. The molecule has 1 unspecified atom stereocenters. The average Bonchev–Trinajstić information content (AvgIpc) is 2.10. The van der Waals surface area contributed by atoms with Crippen LogP contribution in [0, 0.1) is 0 Å². The molecule has 2 heteroatoms. The smallest absolute Gasteiger partial charge is 0.0776 e. The van der Waals surface area contributed by atoms with Crippen LogP contribution in [0.2, 0.25) is 0 Å². The van der Waals surface area contributed by atoms with Gasteiger partial charge in [0.2, 0.25) is 0 Å². The summed E-state index contributed by atoms with van der Waals surface area (Å²) in [6.07, 6.45) is 2.94. The van der Waals surface area contributed by atoms with Crippen molar-refractivity contribution in [3.63, 3.8) is 0 Å². The van der Waals surface area contributed by atoms with Gasteiger partial charge in [-0.3, -0.25) is 4.98 Å². The predicted octanol–water partition coefficient (Wildman–Crippen LogP) is 2.16. The van der Waals surface area contributed by atoms with Crippen molar-refractivity contribution in [2.45, 2.75) is 26.9 Å². The lowest BCUT2D eigenvalue weighted by atomic mass is 10.2. The molecule has 1 aromatic rings. The lowest BCUT2D eigenvalue weighted by molar-refractivity contribution is 0.199. The Morgan fingerprint density at radius 2 is 2.09 bits per heavy atom. The van der Waals surface area contributed by atoms with E-state index in [0.29, 0.717) is 0 Å². The van der Waals surface area contributed by atoms with Crippen LogP contribution in [0.3, 0.4) is 0 Å². The maximum absolute atomic E-state index is 8.98. The Morgan fingerprint density at radius 3 is 2.36 bits per heavy atom. The van der Waals surface area contributed by atoms with Crippen LogP contribution in [-0.4, -0.2) is 10.1 Å². The highest BCUT2D eigenvalue weighted by Crippen LogP contribution is 2.07. The molecular weight excluding hydrogens is 138 g/mol. The van der Waals surface area contributed by atoms with Crippen molar-refractivity contribution in [3.05, 3.63) is 30.1 Å². The predicted molar refractivity (Wildman–Crippen MR) is 46.2 cm³/mol. The molecule has 0 spiro atoms. The van der Waals surface area contributed by atoms with Gasteiger partial charge in [0.15, 0.2) is 0 Å². The SMILES string of the molecule is CC.CC(O)c1cccnc1. The Bertz CT molecular complexity index is 172. The van der Waals surface area contributed by atoms with Crippen molar-refractivity contribution >= 4 is 0 Å². The van der Waals surface area contributed by atoms with E-state index in [0.717, 1.165) is 5.56 Å². The fourth-order valence-corrected chi connectivity index (χ4v) is 0.623. The molecule has 0 aromatic carbocycles. The van der Waals surface area contributed by atoms with Crippen molar-refractivity contribution in [1.82, 2.24) is 4.98 Å². The van der Waals surface area contributed by atoms with Crippen molar-refractivity contribution in [3.8, 4) is 0 Å². The van der Waals surface area contributed by atoms with Gasteiger partial charge in [-0.15, -0.1) is 0 Å². The zero-order chi connectivity index (χ0) is 8.69. The van der Waals surface area contributed by atoms with E-state index in [-0.39, 0.29) is 0 Å². The van der Waals surface area contributed by atoms with Crippen molar-refractivity contribution in [2.75, 3.05) is 0 Å². The van der Waals surface area contributed by atoms with E-state index in [4.69, 9.17) is 5.11 Å². The number of nitrogens with zero attached hydrogens (tertiary/aromatic N) is 1. The maximum atomic E-state index is 8.98. The molecule has 0 aliphatic carbocycles. The van der Waals surface area contributed by atoms with Gasteiger partial charge in [0.05, 0.1) is 6.10 Å². The van der Waals surface area contributed by atoms with Gasteiger partial charge in [0, 0.05) is 12.4 Å². The van der Waals surface area contributed by atoms with Crippen LogP contribution < -0.4 is 0 Å². The first kappa shape index (κ1) is 10.1. The molecule has 0 radical (unpaired) electrons. The highest BCUT2D eigenvalue weighted by molar-refractivity contribution is 5.10. The normalized spacial score (nSPS) is 11.3. The van der Waals surface area contributed by atoms with Crippen LogP contribution in [-0.2, 0) is 0 Å². The van der Waals surface area contributed by atoms with Crippen molar-refractivity contribution in [2.24, 2.45) is 0 Å². The van der Waals surface area contributed by atoms with Crippen LogP contribution in [0.4, 0.5) is 0 Å². The second-order valence-corrected chi connectivity index (χ2v) is 1.96. The summed E-state index contributed by atoms with van der Waals surface area (Å²) >= 11 is 0. The van der Waals surface area contributed by atoms with Gasteiger partial charge in [-0.1, -0.05) is 19.9 Å². The van der Waals surface area contributed by atoms with E-state index in [1.54, 1.807) is 19.3 Å². The fraction of sp³-hybridized carbons (Fsp3) is 0.444. The molecule has 0 bridgehead atoms. The quantitative estimate of drug-likeness (QED) is 0.670. The third-order valence-corrected chi connectivity index (χ3v) is 1.17. The molecule has 1 heterocycles. The second kappa shape index (κ2) is 5.86. The highest BCUT2D eigenvalue weighted by atomic mass is 16.3. The highest BCUT2D eigenvalue weighted by Gasteiger charge is 1.96. The molecule has 0 saturated carbocycles. The molecule has 62 valence electrons. The molecule has 1 atom stereocenters. The number of hydrogen-bond acceptors (Lipinski definition) is 2. The second-order valence-electron chi connectivity index (χ2n) is 1.96. The van der Waals surface area contributed by atoms with Gasteiger partial charge >= 0.3 is 0 Å². The van der Waals surface area contributed by atoms with E-state index in [1.807, 2.05) is 26.0 Å². The first-order chi connectivity index (χ1) is 5.30. The zero-order valence-corrected chi connectivity index (χ0v) is 7.28. The van der Waals surface area contributed by atoms with Gasteiger partial charge in [-0.25, -0.2) is 0 Å². The van der Waals surface area contributed by atoms with Gasteiger partial charge in [0.1, 0.15) is 0 Å². The Balaban J connectivity index is 0.000000461. The lowest BCUT2D eigenvalue weighted by Gasteiger charge is -2.00. The minimum Gasteiger partial charge on any atom is -0.389 e. The maximum Gasteiger partial charge on any atom is 0.0776 e. The molecular formula is C9H15NO. The summed E-state index contributed by atoms with van der Waals surface area (Å²) in [5.41, 5.74) is 0.859. The summed E-state index contributed by atoms with van der Waals surface area (Å²) in [5, 5.41) is 8.98. The fourth-order valence-electron chi connectivity index (χ4n) is 0.623. The Morgan fingerprint density at radius 1 is 1.45 bits per heavy atom. The minimum atomic E-state index is -0.404. The molecule has 0 aliphatic heterocycles. The van der Waals surface area contributed by atoms with Gasteiger partial charge in [-0.2, -0.15) is 0 Å². The Hall–Kier alpha value is -0.890. The number of hydrogen-bond donors (Lipinski definition) is 1. The zero-order valence-electron chi connectivity index (χ0n) is 7.28.